The Morgan fingerprint density at radius 1 is 0.960 bits per heavy atom. The zero-order valence-corrected chi connectivity index (χ0v) is 14.9. The Morgan fingerprint density at radius 3 is 2.64 bits per heavy atom. The molecule has 0 atom stereocenters. The fourth-order valence-electron chi connectivity index (χ4n) is 3.58. The highest BCUT2D eigenvalue weighted by Gasteiger charge is 2.33. The summed E-state index contributed by atoms with van der Waals surface area (Å²) in [6.45, 7) is 2.68. The highest BCUT2D eigenvalue weighted by atomic mass is 32.2. The number of aryl methyl sites for hydroxylation is 1. The van der Waals surface area contributed by atoms with Gasteiger partial charge in [0.15, 0.2) is 0 Å². The minimum Gasteiger partial charge on any atom is -0.489 e. The predicted octanol–water partition coefficient (Wildman–Crippen LogP) is 2.67. The van der Waals surface area contributed by atoms with Crippen LogP contribution in [0.1, 0.15) is 12.0 Å². The van der Waals surface area contributed by atoms with Crippen LogP contribution in [-0.2, 0) is 16.4 Å². The normalized spacial score (nSPS) is 16.3. The molecule has 2 aliphatic rings. The maximum absolute atomic E-state index is 12.9. The molecular formula is C19H22N2O3S. The molecule has 0 unspecified atom stereocenters. The SMILES string of the molecule is O=S(=O)(CCCc1ccccc1)N1CCN2CCOc3cccc1c32. The Kier molecular flexibility index (Phi) is 4.29. The third-order valence-corrected chi connectivity index (χ3v) is 6.66. The quantitative estimate of drug-likeness (QED) is 0.825. The average Bonchev–Trinajstić information content (AvgIpc) is 2.63. The van der Waals surface area contributed by atoms with Gasteiger partial charge < -0.3 is 9.64 Å². The largest absolute Gasteiger partial charge is 0.489 e. The first-order valence-electron chi connectivity index (χ1n) is 8.70. The van der Waals surface area contributed by atoms with E-state index in [0.29, 0.717) is 26.1 Å². The number of para-hydroxylation sites is 1. The molecule has 0 saturated carbocycles. The van der Waals surface area contributed by atoms with Crippen molar-refractivity contribution in [2.24, 2.45) is 0 Å². The highest BCUT2D eigenvalue weighted by molar-refractivity contribution is 7.92. The highest BCUT2D eigenvalue weighted by Crippen LogP contribution is 2.43. The van der Waals surface area contributed by atoms with Crippen molar-refractivity contribution in [2.75, 3.05) is 41.2 Å². The first-order valence-corrected chi connectivity index (χ1v) is 10.3. The number of anilines is 2. The molecule has 25 heavy (non-hydrogen) atoms. The van der Waals surface area contributed by atoms with Gasteiger partial charge in [-0.05, 0) is 30.5 Å². The molecular weight excluding hydrogens is 336 g/mol. The van der Waals surface area contributed by atoms with Crippen LogP contribution in [0.5, 0.6) is 5.75 Å². The van der Waals surface area contributed by atoms with E-state index >= 15 is 0 Å². The lowest BCUT2D eigenvalue weighted by Crippen LogP contribution is -2.47. The summed E-state index contributed by atoms with van der Waals surface area (Å²) in [5.41, 5.74) is 2.85. The summed E-state index contributed by atoms with van der Waals surface area (Å²) in [6, 6.07) is 15.7. The lowest BCUT2D eigenvalue weighted by atomic mass is 10.1. The standard InChI is InChI=1S/C19H22N2O3S/c22-25(23,15-5-8-16-6-2-1-3-7-16)21-12-11-20-13-14-24-18-10-4-9-17(21)19(18)20/h1-4,6-7,9-10H,5,8,11-15H2. The topological polar surface area (TPSA) is 49.9 Å². The van der Waals surface area contributed by atoms with Gasteiger partial charge in [-0.3, -0.25) is 4.31 Å². The maximum Gasteiger partial charge on any atom is 0.235 e. The molecule has 0 amide bonds. The number of nitrogens with zero attached hydrogens (tertiary/aromatic N) is 2. The first-order chi connectivity index (χ1) is 12.1. The van der Waals surface area contributed by atoms with Crippen LogP contribution in [0.4, 0.5) is 11.4 Å². The van der Waals surface area contributed by atoms with E-state index in [-0.39, 0.29) is 5.75 Å². The number of sulfonamides is 1. The molecule has 0 radical (unpaired) electrons. The van der Waals surface area contributed by atoms with Gasteiger partial charge in [0.25, 0.3) is 0 Å². The molecule has 2 aromatic carbocycles. The molecule has 2 aliphatic heterocycles. The van der Waals surface area contributed by atoms with E-state index in [2.05, 4.69) is 4.90 Å². The Morgan fingerprint density at radius 2 is 1.80 bits per heavy atom. The monoisotopic (exact) mass is 358 g/mol. The van der Waals surface area contributed by atoms with Crippen molar-refractivity contribution in [1.82, 2.24) is 0 Å². The molecule has 2 heterocycles. The van der Waals surface area contributed by atoms with Crippen LogP contribution in [0.2, 0.25) is 0 Å². The lowest BCUT2D eigenvalue weighted by Gasteiger charge is -2.41. The predicted molar refractivity (Wildman–Crippen MR) is 100 cm³/mol. The smallest absolute Gasteiger partial charge is 0.235 e. The molecule has 0 saturated heterocycles. The van der Waals surface area contributed by atoms with Gasteiger partial charge in [-0.15, -0.1) is 0 Å². The second kappa shape index (κ2) is 6.59. The van der Waals surface area contributed by atoms with Gasteiger partial charge in [-0.2, -0.15) is 0 Å². The Labute approximate surface area is 148 Å². The van der Waals surface area contributed by atoms with Gasteiger partial charge >= 0.3 is 0 Å². The summed E-state index contributed by atoms with van der Waals surface area (Å²) < 4.78 is 33.1. The van der Waals surface area contributed by atoms with E-state index in [1.54, 1.807) is 4.31 Å². The zero-order chi connectivity index (χ0) is 17.3. The minimum atomic E-state index is -3.34. The summed E-state index contributed by atoms with van der Waals surface area (Å²) in [6.07, 6.45) is 1.40. The summed E-state index contributed by atoms with van der Waals surface area (Å²) in [5, 5.41) is 0. The fourth-order valence-corrected chi connectivity index (χ4v) is 5.12. The third-order valence-electron chi connectivity index (χ3n) is 4.80. The summed E-state index contributed by atoms with van der Waals surface area (Å²) in [7, 11) is -3.34. The Hall–Kier alpha value is -2.21. The average molecular weight is 358 g/mol. The van der Waals surface area contributed by atoms with Gasteiger partial charge in [0.1, 0.15) is 18.0 Å². The van der Waals surface area contributed by atoms with Crippen LogP contribution in [0.25, 0.3) is 0 Å². The maximum atomic E-state index is 12.9. The number of hydrogen-bond acceptors (Lipinski definition) is 4. The molecule has 0 fully saturated rings. The molecule has 0 bridgehead atoms. The summed E-state index contributed by atoms with van der Waals surface area (Å²) >= 11 is 0. The molecule has 132 valence electrons. The van der Waals surface area contributed by atoms with Crippen molar-refractivity contribution in [2.45, 2.75) is 12.8 Å². The van der Waals surface area contributed by atoms with Gasteiger partial charge in [0, 0.05) is 6.54 Å². The lowest BCUT2D eigenvalue weighted by molar-refractivity contribution is 0.307. The molecule has 0 N–H and O–H groups in total. The van der Waals surface area contributed by atoms with Crippen LogP contribution in [0, 0.1) is 0 Å². The van der Waals surface area contributed by atoms with Crippen molar-refractivity contribution >= 4 is 21.4 Å². The van der Waals surface area contributed by atoms with Crippen LogP contribution in [0.3, 0.4) is 0 Å². The second-order valence-electron chi connectivity index (χ2n) is 6.44. The van der Waals surface area contributed by atoms with Gasteiger partial charge in [0.05, 0.1) is 24.5 Å². The van der Waals surface area contributed by atoms with Gasteiger partial charge in [0.2, 0.25) is 10.0 Å². The molecule has 2 aromatic rings. The molecule has 0 aliphatic carbocycles. The van der Waals surface area contributed by atoms with Gasteiger partial charge in [-0.25, -0.2) is 8.42 Å². The van der Waals surface area contributed by atoms with Crippen LogP contribution in [-0.4, -0.2) is 40.4 Å². The van der Waals surface area contributed by atoms with E-state index in [0.717, 1.165) is 30.1 Å². The molecule has 0 spiro atoms. The summed E-state index contributed by atoms with van der Waals surface area (Å²) in [4.78, 5) is 2.23. The number of rotatable bonds is 5. The van der Waals surface area contributed by atoms with Crippen molar-refractivity contribution in [3.63, 3.8) is 0 Å². The van der Waals surface area contributed by atoms with Crippen molar-refractivity contribution in [3.05, 3.63) is 54.1 Å². The molecule has 6 heteroatoms. The molecule has 5 nitrogen and oxygen atoms in total. The number of benzene rings is 2. The fraction of sp³-hybridized carbons (Fsp3) is 0.368. The van der Waals surface area contributed by atoms with Crippen LogP contribution >= 0.6 is 0 Å². The summed E-state index contributed by atoms with van der Waals surface area (Å²) in [5.74, 6) is 0.944. The number of ether oxygens (including phenoxy) is 1. The van der Waals surface area contributed by atoms with E-state index < -0.39 is 10.0 Å². The van der Waals surface area contributed by atoms with E-state index in [9.17, 15) is 8.42 Å². The van der Waals surface area contributed by atoms with E-state index in [4.69, 9.17) is 4.74 Å². The number of hydrogen-bond donors (Lipinski definition) is 0. The third kappa shape index (κ3) is 3.18. The van der Waals surface area contributed by atoms with Crippen molar-refractivity contribution < 1.29 is 13.2 Å². The van der Waals surface area contributed by atoms with Crippen LogP contribution in [0.15, 0.2) is 48.5 Å². The molecule has 4 rings (SSSR count). The molecule has 0 aromatic heterocycles. The van der Waals surface area contributed by atoms with E-state index in [1.807, 2.05) is 48.5 Å². The second-order valence-corrected chi connectivity index (χ2v) is 8.45. The Balaban J connectivity index is 1.53. The Bertz CT molecular complexity index is 852. The minimum absolute atomic E-state index is 0.159. The van der Waals surface area contributed by atoms with Crippen LogP contribution < -0.4 is 13.9 Å². The van der Waals surface area contributed by atoms with Crippen molar-refractivity contribution in [3.8, 4) is 5.75 Å². The van der Waals surface area contributed by atoms with Gasteiger partial charge in [-0.1, -0.05) is 36.4 Å². The van der Waals surface area contributed by atoms with Crippen molar-refractivity contribution in [1.29, 1.82) is 0 Å². The zero-order valence-electron chi connectivity index (χ0n) is 14.1. The first kappa shape index (κ1) is 16.3. The van der Waals surface area contributed by atoms with E-state index in [1.165, 1.54) is 5.56 Å².